The first-order valence-corrected chi connectivity index (χ1v) is 9.60. The zero-order valence-corrected chi connectivity index (χ0v) is 15.7. The Morgan fingerprint density at radius 1 is 0.893 bits per heavy atom. The molecule has 0 aliphatic carbocycles. The van der Waals surface area contributed by atoms with E-state index in [1.165, 1.54) is 24.3 Å². The van der Waals surface area contributed by atoms with Crippen LogP contribution in [0.1, 0.15) is 21.6 Å². The normalized spacial score (nSPS) is 10.6. The summed E-state index contributed by atoms with van der Waals surface area (Å²) in [5.41, 5.74) is 2.92. The lowest BCUT2D eigenvalue weighted by atomic mass is 10.0. The Bertz CT molecular complexity index is 1070. The molecule has 0 saturated carbocycles. The summed E-state index contributed by atoms with van der Waals surface area (Å²) in [4.78, 5) is 17.0. The van der Waals surface area contributed by atoms with Crippen molar-refractivity contribution < 1.29 is 13.9 Å². The average Bonchev–Trinajstić information content (AvgIpc) is 3.22. The molecule has 0 unspecified atom stereocenters. The van der Waals surface area contributed by atoms with Gasteiger partial charge in [-0.25, -0.2) is 9.37 Å². The van der Waals surface area contributed by atoms with Crippen molar-refractivity contribution in [1.29, 1.82) is 0 Å². The third kappa shape index (κ3) is 4.15. The van der Waals surface area contributed by atoms with Crippen LogP contribution in [-0.4, -0.2) is 10.8 Å². The van der Waals surface area contributed by atoms with Crippen LogP contribution in [0.25, 0.3) is 10.6 Å². The molecule has 0 bridgehead atoms. The van der Waals surface area contributed by atoms with Gasteiger partial charge in [-0.15, -0.1) is 11.3 Å². The van der Waals surface area contributed by atoms with E-state index in [9.17, 15) is 9.18 Å². The molecule has 0 radical (unpaired) electrons. The molecule has 0 aliphatic rings. The van der Waals surface area contributed by atoms with E-state index in [0.29, 0.717) is 23.5 Å². The first-order valence-electron chi connectivity index (χ1n) is 8.72. The Labute approximate surface area is 166 Å². The van der Waals surface area contributed by atoms with Crippen LogP contribution in [0.4, 0.5) is 4.39 Å². The van der Waals surface area contributed by atoms with Gasteiger partial charge >= 0.3 is 0 Å². The predicted octanol–water partition coefficient (Wildman–Crippen LogP) is 5.76. The van der Waals surface area contributed by atoms with E-state index in [-0.39, 0.29) is 11.6 Å². The number of hydrogen-bond acceptors (Lipinski definition) is 4. The standard InChI is InChI=1S/C23H16FNO2S/c24-19-10-6-16(7-11-19)22(26)17-8-12-21(13-9-17)27-14-20-15-28-23(25-20)18-4-2-1-3-5-18/h1-13,15H,14H2. The number of ether oxygens (including phenoxy) is 1. The lowest BCUT2D eigenvalue weighted by molar-refractivity contribution is 0.103. The van der Waals surface area contributed by atoms with Gasteiger partial charge in [-0.1, -0.05) is 30.3 Å². The van der Waals surface area contributed by atoms with Crippen molar-refractivity contribution in [3.05, 3.63) is 107 Å². The number of ketones is 1. The van der Waals surface area contributed by atoms with Gasteiger partial charge in [0.15, 0.2) is 5.78 Å². The van der Waals surface area contributed by atoms with Gasteiger partial charge < -0.3 is 4.74 Å². The molecule has 4 aromatic rings. The molecular weight excluding hydrogens is 373 g/mol. The van der Waals surface area contributed by atoms with Gasteiger partial charge in [0.1, 0.15) is 23.2 Å². The average molecular weight is 389 g/mol. The van der Waals surface area contributed by atoms with Gasteiger partial charge in [0, 0.05) is 22.1 Å². The highest BCUT2D eigenvalue weighted by Crippen LogP contribution is 2.24. The maximum atomic E-state index is 13.0. The summed E-state index contributed by atoms with van der Waals surface area (Å²) in [5, 5.41) is 2.94. The van der Waals surface area contributed by atoms with Gasteiger partial charge in [0.2, 0.25) is 0 Å². The first kappa shape index (κ1) is 18.1. The maximum Gasteiger partial charge on any atom is 0.193 e. The Morgan fingerprint density at radius 2 is 1.54 bits per heavy atom. The van der Waals surface area contributed by atoms with Crippen LogP contribution >= 0.6 is 11.3 Å². The summed E-state index contributed by atoms with van der Waals surface area (Å²) < 4.78 is 18.8. The number of nitrogens with zero attached hydrogens (tertiary/aromatic N) is 1. The summed E-state index contributed by atoms with van der Waals surface area (Å²) in [7, 11) is 0. The monoisotopic (exact) mass is 389 g/mol. The molecule has 3 nitrogen and oxygen atoms in total. The minimum absolute atomic E-state index is 0.154. The number of thiazole rings is 1. The van der Waals surface area contributed by atoms with E-state index in [1.807, 2.05) is 35.7 Å². The van der Waals surface area contributed by atoms with Gasteiger partial charge in [-0.3, -0.25) is 4.79 Å². The lowest BCUT2D eigenvalue weighted by Crippen LogP contribution is -2.01. The quantitative estimate of drug-likeness (QED) is 0.394. The van der Waals surface area contributed by atoms with Crippen molar-refractivity contribution in [2.75, 3.05) is 0 Å². The van der Waals surface area contributed by atoms with Crippen LogP contribution in [0.3, 0.4) is 0 Å². The number of carbonyl (C=O) groups excluding carboxylic acids is 1. The highest BCUT2D eigenvalue weighted by molar-refractivity contribution is 7.13. The smallest absolute Gasteiger partial charge is 0.193 e. The molecular formula is C23H16FNO2S. The van der Waals surface area contributed by atoms with Crippen molar-refractivity contribution in [2.24, 2.45) is 0 Å². The van der Waals surface area contributed by atoms with Crippen LogP contribution in [0, 0.1) is 5.82 Å². The molecule has 0 fully saturated rings. The van der Waals surface area contributed by atoms with E-state index in [0.717, 1.165) is 16.3 Å². The van der Waals surface area contributed by atoms with E-state index in [4.69, 9.17) is 4.74 Å². The molecule has 5 heteroatoms. The van der Waals surface area contributed by atoms with Gasteiger partial charge in [-0.05, 0) is 48.5 Å². The number of aromatic nitrogens is 1. The molecule has 4 rings (SSSR count). The summed E-state index contributed by atoms with van der Waals surface area (Å²) in [6.45, 7) is 0.356. The fourth-order valence-electron chi connectivity index (χ4n) is 2.71. The first-order chi connectivity index (χ1) is 13.7. The second-order valence-electron chi connectivity index (χ2n) is 6.16. The Kier molecular flexibility index (Phi) is 5.26. The molecule has 1 aromatic heterocycles. The van der Waals surface area contributed by atoms with E-state index >= 15 is 0 Å². The molecule has 0 amide bonds. The number of carbonyl (C=O) groups is 1. The highest BCUT2D eigenvalue weighted by Gasteiger charge is 2.10. The van der Waals surface area contributed by atoms with Crippen molar-refractivity contribution in [3.8, 4) is 16.3 Å². The summed E-state index contributed by atoms with van der Waals surface area (Å²) >= 11 is 1.58. The van der Waals surface area contributed by atoms with Crippen molar-refractivity contribution >= 4 is 17.1 Å². The molecule has 0 atom stereocenters. The third-order valence-corrected chi connectivity index (χ3v) is 5.12. The van der Waals surface area contributed by atoms with Crippen LogP contribution < -0.4 is 4.74 Å². The summed E-state index contributed by atoms with van der Waals surface area (Å²) in [5.74, 6) is 0.140. The summed E-state index contributed by atoms with van der Waals surface area (Å²) in [6.07, 6.45) is 0. The minimum atomic E-state index is -0.363. The van der Waals surface area contributed by atoms with Crippen LogP contribution in [0.15, 0.2) is 84.2 Å². The van der Waals surface area contributed by atoms with Gasteiger partial charge in [0.25, 0.3) is 0 Å². The van der Waals surface area contributed by atoms with Crippen molar-refractivity contribution in [1.82, 2.24) is 4.98 Å². The van der Waals surface area contributed by atoms with E-state index < -0.39 is 0 Å². The zero-order valence-electron chi connectivity index (χ0n) is 14.8. The zero-order chi connectivity index (χ0) is 19.3. The maximum absolute atomic E-state index is 13.0. The molecule has 138 valence electrons. The number of rotatable bonds is 6. The topological polar surface area (TPSA) is 39.2 Å². The van der Waals surface area contributed by atoms with Gasteiger partial charge in [-0.2, -0.15) is 0 Å². The van der Waals surface area contributed by atoms with Crippen LogP contribution in [-0.2, 0) is 6.61 Å². The Hall–Kier alpha value is -3.31. The largest absolute Gasteiger partial charge is 0.487 e. The van der Waals surface area contributed by atoms with E-state index in [2.05, 4.69) is 4.98 Å². The number of benzene rings is 3. The van der Waals surface area contributed by atoms with Crippen molar-refractivity contribution in [2.45, 2.75) is 6.61 Å². The van der Waals surface area contributed by atoms with E-state index in [1.54, 1.807) is 35.6 Å². The molecule has 3 aromatic carbocycles. The molecule has 0 aliphatic heterocycles. The van der Waals surface area contributed by atoms with Crippen LogP contribution in [0.5, 0.6) is 5.75 Å². The lowest BCUT2D eigenvalue weighted by Gasteiger charge is -2.06. The molecule has 0 N–H and O–H groups in total. The van der Waals surface area contributed by atoms with Crippen molar-refractivity contribution in [3.63, 3.8) is 0 Å². The third-order valence-electron chi connectivity index (χ3n) is 4.18. The fourth-order valence-corrected chi connectivity index (χ4v) is 3.52. The second-order valence-corrected chi connectivity index (χ2v) is 7.02. The SMILES string of the molecule is O=C(c1ccc(F)cc1)c1ccc(OCc2csc(-c3ccccc3)n2)cc1. The molecule has 28 heavy (non-hydrogen) atoms. The molecule has 0 spiro atoms. The number of hydrogen-bond donors (Lipinski definition) is 0. The minimum Gasteiger partial charge on any atom is -0.487 e. The molecule has 1 heterocycles. The Balaban J connectivity index is 1.39. The fraction of sp³-hybridized carbons (Fsp3) is 0.0435. The second kappa shape index (κ2) is 8.15. The highest BCUT2D eigenvalue weighted by atomic mass is 32.1. The van der Waals surface area contributed by atoms with Gasteiger partial charge in [0.05, 0.1) is 5.69 Å². The Morgan fingerprint density at radius 3 is 2.21 bits per heavy atom. The predicted molar refractivity (Wildman–Crippen MR) is 108 cm³/mol. The summed E-state index contributed by atoms with van der Waals surface area (Å²) in [6, 6.07) is 22.4. The molecule has 0 saturated heterocycles. The number of halogens is 1. The van der Waals surface area contributed by atoms with Crippen LogP contribution in [0.2, 0.25) is 0 Å².